The van der Waals surface area contributed by atoms with Crippen LogP contribution < -0.4 is 0 Å². The molecule has 0 saturated heterocycles. The fourth-order valence-corrected chi connectivity index (χ4v) is 1.39. The van der Waals surface area contributed by atoms with E-state index in [2.05, 4.69) is 65.8 Å². The van der Waals surface area contributed by atoms with E-state index < -0.39 is 0 Å². The summed E-state index contributed by atoms with van der Waals surface area (Å²) in [6.07, 6.45) is 3.96. The van der Waals surface area contributed by atoms with Gasteiger partial charge in [0.2, 0.25) is 0 Å². The van der Waals surface area contributed by atoms with Gasteiger partial charge in [-0.05, 0) is 19.3 Å². The summed E-state index contributed by atoms with van der Waals surface area (Å²) in [4.78, 5) is 0. The molecule has 0 N–H and O–H groups in total. The third kappa shape index (κ3) is 31.5. The summed E-state index contributed by atoms with van der Waals surface area (Å²) in [7, 11) is 0. The molecule has 0 aliphatic rings. The topological polar surface area (TPSA) is 0 Å². The van der Waals surface area contributed by atoms with Gasteiger partial charge in [-0.25, -0.2) is 0 Å². The maximum absolute atomic E-state index is 2.35. The van der Waals surface area contributed by atoms with E-state index in [4.69, 9.17) is 0 Å². The Balaban J connectivity index is -0.0000000212. The van der Waals surface area contributed by atoms with Crippen molar-refractivity contribution in [3.8, 4) is 0 Å². The van der Waals surface area contributed by atoms with Gasteiger partial charge in [0.1, 0.15) is 0 Å². The van der Waals surface area contributed by atoms with Gasteiger partial charge in [0.15, 0.2) is 0 Å². The summed E-state index contributed by atoms with van der Waals surface area (Å²) in [5.41, 5.74) is 3.28. The zero-order valence-electron chi connectivity index (χ0n) is 13.9. The monoisotopic (exact) mass is 362 g/mol. The highest BCUT2D eigenvalue weighted by molar-refractivity contribution is 5.19. The van der Waals surface area contributed by atoms with Gasteiger partial charge in [-0.2, -0.15) is 0 Å². The van der Waals surface area contributed by atoms with E-state index in [9.17, 15) is 0 Å². The van der Waals surface area contributed by atoms with Gasteiger partial charge >= 0.3 is 0 Å². The molecule has 0 nitrogen and oxygen atoms in total. The van der Waals surface area contributed by atoms with Crippen LogP contribution in [0.15, 0.2) is 24.3 Å². The van der Waals surface area contributed by atoms with Crippen LogP contribution in [0.3, 0.4) is 0 Å². The van der Waals surface area contributed by atoms with Crippen molar-refractivity contribution >= 4 is 0 Å². The molecular formula is C25H62. The quantitative estimate of drug-likeness (QED) is 0.501. The predicted octanol–water partition coefficient (Wildman–Crippen LogP) is 11.0. The van der Waals surface area contributed by atoms with Gasteiger partial charge in [-0.3, -0.25) is 0 Å². The molecule has 0 unspecified atom stereocenters. The maximum Gasteiger partial charge on any atom is -0.0334 e. The van der Waals surface area contributed by atoms with Crippen molar-refractivity contribution in [3.05, 3.63) is 35.4 Å². The molecule has 0 bridgehead atoms. The van der Waals surface area contributed by atoms with Crippen LogP contribution in [0.2, 0.25) is 0 Å². The Hall–Kier alpha value is -0.780. The van der Waals surface area contributed by atoms with Gasteiger partial charge < -0.3 is 0 Å². The normalized spacial score (nSPS) is 7.04. The molecule has 1 aromatic rings. The predicted molar refractivity (Wildman–Crippen MR) is 133 cm³/mol. The molecule has 0 saturated carbocycles. The first-order chi connectivity index (χ1) is 8.47. The Bertz CT molecular complexity index is 235. The minimum atomic E-state index is 0. The number of rotatable bonds is 3. The van der Waals surface area contributed by atoms with Gasteiger partial charge in [-0.15, -0.1) is 0 Å². The van der Waals surface area contributed by atoms with E-state index in [1.165, 1.54) is 30.4 Å². The fourth-order valence-electron chi connectivity index (χ4n) is 1.39. The van der Waals surface area contributed by atoms with E-state index in [1.807, 2.05) is 13.8 Å². The zero-order valence-corrected chi connectivity index (χ0v) is 13.9. The van der Waals surface area contributed by atoms with Crippen LogP contribution in [-0.2, 0) is 0 Å². The minimum Gasteiger partial charge on any atom is -0.0776 e. The molecule has 0 heteroatoms. The van der Waals surface area contributed by atoms with Crippen LogP contribution in [0.25, 0.3) is 0 Å². The average molecular weight is 363 g/mol. The van der Waals surface area contributed by atoms with Crippen LogP contribution in [0.4, 0.5) is 0 Å². The number of aryl methyl sites for hydroxylation is 2. The third-order valence-corrected chi connectivity index (χ3v) is 3.78. The molecule has 0 amide bonds. The highest BCUT2D eigenvalue weighted by Gasteiger charge is 2.15. The van der Waals surface area contributed by atoms with Gasteiger partial charge in [0.25, 0.3) is 0 Å². The largest absolute Gasteiger partial charge is 0.0776 e. The van der Waals surface area contributed by atoms with E-state index in [0.717, 1.165) is 0 Å². The van der Waals surface area contributed by atoms with Gasteiger partial charge in [0.05, 0.1) is 0 Å². The lowest BCUT2D eigenvalue weighted by Gasteiger charge is -2.23. The van der Waals surface area contributed by atoms with E-state index in [-0.39, 0.29) is 52.0 Å². The van der Waals surface area contributed by atoms with Gasteiger partial charge in [-0.1, -0.05) is 148 Å². The lowest BCUT2D eigenvalue weighted by atomic mass is 9.82. The summed E-state index contributed by atoms with van der Waals surface area (Å²) in [6.45, 7) is 17.4. The molecule has 1 aromatic carbocycles. The molecule has 0 aromatic heterocycles. The molecule has 1 rings (SSSR count). The molecule has 0 radical (unpaired) electrons. The van der Waals surface area contributed by atoms with Crippen LogP contribution in [0.1, 0.15) is 124 Å². The first kappa shape index (κ1) is 56.4. The molecule has 0 aliphatic carbocycles. The molecule has 0 aliphatic heterocycles. The Morgan fingerprint density at radius 3 is 0.800 bits per heavy atom. The second kappa shape index (κ2) is 34.5. The molecule has 0 spiro atoms. The third-order valence-electron chi connectivity index (χ3n) is 3.78. The van der Waals surface area contributed by atoms with Crippen molar-refractivity contribution in [2.75, 3.05) is 0 Å². The van der Waals surface area contributed by atoms with Crippen molar-refractivity contribution in [2.45, 2.75) is 127 Å². The number of hydrogen-bond acceptors (Lipinski definition) is 0. The summed E-state index contributed by atoms with van der Waals surface area (Å²) >= 11 is 0. The van der Waals surface area contributed by atoms with Gasteiger partial charge in [0, 0.05) is 0 Å². The zero-order chi connectivity index (χ0) is 14.6. The average Bonchev–Trinajstić information content (AvgIpc) is 2.44. The summed E-state index contributed by atoms with van der Waals surface area (Å²) in [5, 5.41) is 0. The molecule has 162 valence electrons. The standard InChI is InChI=1S/C8H10.C8H18.C2H6.7CH4/c1-7-3-5-8(2)6-4-7;1-5-8(4,6-2)7-3;1-2;;;;;;;/h3-6H,1-2H3;5-7H2,1-4H3;1-2H3;7*1H4. The van der Waals surface area contributed by atoms with E-state index in [1.54, 1.807) is 0 Å². The number of benzene rings is 1. The van der Waals surface area contributed by atoms with E-state index >= 15 is 0 Å². The van der Waals surface area contributed by atoms with Crippen LogP contribution in [0, 0.1) is 19.3 Å². The minimum absolute atomic E-state index is 0. The second-order valence-electron chi connectivity index (χ2n) is 5.03. The molecule has 25 heavy (non-hydrogen) atoms. The second-order valence-corrected chi connectivity index (χ2v) is 5.03. The van der Waals surface area contributed by atoms with Crippen LogP contribution in [0.5, 0.6) is 0 Å². The highest BCUT2D eigenvalue weighted by Crippen LogP contribution is 2.28. The summed E-state index contributed by atoms with van der Waals surface area (Å²) in [6, 6.07) is 8.48. The smallest absolute Gasteiger partial charge is 0.0334 e. The first-order valence-corrected chi connectivity index (χ1v) is 7.50. The summed E-state index contributed by atoms with van der Waals surface area (Å²) < 4.78 is 0. The first-order valence-electron chi connectivity index (χ1n) is 7.50. The van der Waals surface area contributed by atoms with Crippen LogP contribution in [-0.4, -0.2) is 0 Å². The summed E-state index contributed by atoms with van der Waals surface area (Å²) in [5.74, 6) is 0. The Morgan fingerprint density at radius 2 is 0.720 bits per heavy atom. The Morgan fingerprint density at radius 1 is 0.560 bits per heavy atom. The maximum atomic E-state index is 2.35. The van der Waals surface area contributed by atoms with Crippen molar-refractivity contribution < 1.29 is 0 Å². The van der Waals surface area contributed by atoms with Crippen molar-refractivity contribution in [1.82, 2.24) is 0 Å². The van der Waals surface area contributed by atoms with Crippen LogP contribution >= 0.6 is 0 Å². The lowest BCUT2D eigenvalue weighted by Crippen LogP contribution is -2.10. The highest BCUT2D eigenvalue weighted by atomic mass is 14.2. The fraction of sp³-hybridized carbons (Fsp3) is 0.760. The van der Waals surface area contributed by atoms with Crippen molar-refractivity contribution in [1.29, 1.82) is 0 Å². The lowest BCUT2D eigenvalue weighted by molar-refractivity contribution is 0.286. The molecule has 0 fully saturated rings. The SMILES string of the molecule is C.C.C.C.C.C.C.CC.CCC(C)(CC)CC.Cc1ccc(C)cc1. The Labute approximate surface area is 167 Å². The molecular weight excluding hydrogens is 300 g/mol. The van der Waals surface area contributed by atoms with Crippen molar-refractivity contribution in [2.24, 2.45) is 5.41 Å². The number of hydrogen-bond donors (Lipinski definition) is 0. The molecule has 0 heterocycles. The Kier molecular flexibility index (Phi) is 77.9. The van der Waals surface area contributed by atoms with Crippen molar-refractivity contribution in [3.63, 3.8) is 0 Å². The van der Waals surface area contributed by atoms with E-state index in [0.29, 0.717) is 5.41 Å². The molecule has 0 atom stereocenters.